The zero-order valence-electron chi connectivity index (χ0n) is 6.79. The highest BCUT2D eigenvalue weighted by Gasteiger charge is 2.12. The van der Waals surface area contributed by atoms with Crippen molar-refractivity contribution in [2.75, 3.05) is 5.75 Å². The Morgan fingerprint density at radius 1 is 1.46 bits per heavy atom. The van der Waals surface area contributed by atoms with E-state index >= 15 is 0 Å². The van der Waals surface area contributed by atoms with Crippen molar-refractivity contribution in [2.45, 2.75) is 4.90 Å². The van der Waals surface area contributed by atoms with E-state index in [4.69, 9.17) is 11.6 Å². The Labute approximate surface area is 85.8 Å². The van der Waals surface area contributed by atoms with Gasteiger partial charge >= 0.3 is 0 Å². The van der Waals surface area contributed by atoms with Crippen LogP contribution in [0.3, 0.4) is 0 Å². The molecule has 1 aliphatic rings. The predicted molar refractivity (Wildman–Crippen MR) is 56.2 cm³/mol. The molecule has 1 aliphatic heterocycles. The molecule has 1 aromatic rings. The van der Waals surface area contributed by atoms with Crippen LogP contribution in [0.15, 0.2) is 28.7 Å². The van der Waals surface area contributed by atoms with Crippen LogP contribution in [-0.2, 0) is 4.79 Å². The maximum absolute atomic E-state index is 10.6. The molecule has 0 aliphatic carbocycles. The number of carbonyl (C=O) groups excluding carboxylic acids is 1. The van der Waals surface area contributed by atoms with Crippen LogP contribution < -0.4 is 0 Å². The van der Waals surface area contributed by atoms with Crippen molar-refractivity contribution in [2.24, 2.45) is 0 Å². The van der Waals surface area contributed by atoms with Crippen molar-refractivity contribution in [1.82, 2.24) is 0 Å². The molecule has 0 N–H and O–H groups in total. The molecule has 0 fully saturated rings. The number of hydrogen-bond donors (Lipinski definition) is 0. The van der Waals surface area contributed by atoms with Gasteiger partial charge in [0.1, 0.15) is 6.29 Å². The largest absolute Gasteiger partial charge is 0.298 e. The summed E-state index contributed by atoms with van der Waals surface area (Å²) in [7, 11) is 0. The minimum Gasteiger partial charge on any atom is -0.298 e. The summed E-state index contributed by atoms with van der Waals surface area (Å²) in [5, 5.41) is 0.712. The van der Waals surface area contributed by atoms with Crippen LogP contribution in [0.5, 0.6) is 0 Å². The van der Waals surface area contributed by atoms with Crippen LogP contribution in [0.25, 0.3) is 6.08 Å². The van der Waals surface area contributed by atoms with Gasteiger partial charge in [-0.15, -0.1) is 11.8 Å². The number of fused-ring (bicyclic) bond motifs is 1. The maximum atomic E-state index is 10.6. The number of hydrogen-bond acceptors (Lipinski definition) is 2. The van der Waals surface area contributed by atoms with Gasteiger partial charge in [0.25, 0.3) is 0 Å². The van der Waals surface area contributed by atoms with Crippen LogP contribution in [0.1, 0.15) is 5.56 Å². The van der Waals surface area contributed by atoms with Gasteiger partial charge in [0, 0.05) is 26.8 Å². The Morgan fingerprint density at radius 3 is 3.08 bits per heavy atom. The molecule has 1 aromatic carbocycles. The number of benzene rings is 1. The lowest BCUT2D eigenvalue weighted by Crippen LogP contribution is -1.96. The fourth-order valence-corrected chi connectivity index (χ4v) is 2.50. The van der Waals surface area contributed by atoms with Crippen molar-refractivity contribution < 1.29 is 4.79 Å². The Kier molecular flexibility index (Phi) is 2.42. The van der Waals surface area contributed by atoms with Crippen molar-refractivity contribution >= 4 is 35.7 Å². The van der Waals surface area contributed by atoms with E-state index in [0.29, 0.717) is 5.02 Å². The maximum Gasteiger partial charge on any atom is 0.146 e. The monoisotopic (exact) mass is 210 g/mol. The molecule has 0 unspecified atom stereocenters. The number of carbonyl (C=O) groups is 1. The molecule has 1 nitrogen and oxygen atoms in total. The van der Waals surface area contributed by atoms with E-state index in [1.807, 2.05) is 24.3 Å². The number of rotatable bonds is 1. The molecule has 0 spiro atoms. The molecule has 13 heavy (non-hydrogen) atoms. The van der Waals surface area contributed by atoms with Gasteiger partial charge in [-0.3, -0.25) is 4.79 Å². The molecule has 2 rings (SSSR count). The van der Waals surface area contributed by atoms with Gasteiger partial charge in [0.05, 0.1) is 0 Å². The Hall–Kier alpha value is -0.730. The van der Waals surface area contributed by atoms with E-state index in [9.17, 15) is 4.79 Å². The van der Waals surface area contributed by atoms with Crippen LogP contribution >= 0.6 is 23.4 Å². The second-order valence-corrected chi connectivity index (χ2v) is 4.20. The summed E-state index contributed by atoms with van der Waals surface area (Å²) in [6, 6.07) is 5.78. The van der Waals surface area contributed by atoms with Crippen molar-refractivity contribution in [1.29, 1.82) is 0 Å². The quantitative estimate of drug-likeness (QED) is 0.663. The second-order valence-electron chi connectivity index (χ2n) is 2.78. The number of thioether (sulfide) groups is 1. The first-order valence-electron chi connectivity index (χ1n) is 3.88. The first kappa shape index (κ1) is 8.85. The Morgan fingerprint density at radius 2 is 2.31 bits per heavy atom. The SMILES string of the molecule is O=CC1=Cc2c(Cl)cccc2SC1. The van der Waals surface area contributed by atoms with Crippen LogP contribution in [0.4, 0.5) is 0 Å². The van der Waals surface area contributed by atoms with Gasteiger partial charge in [-0.25, -0.2) is 0 Å². The Balaban J connectivity index is 2.55. The molecular formula is C10H7ClOS. The summed E-state index contributed by atoms with van der Waals surface area (Å²) in [5.41, 5.74) is 1.77. The second kappa shape index (κ2) is 3.56. The topological polar surface area (TPSA) is 17.1 Å². The van der Waals surface area contributed by atoms with Gasteiger partial charge in [-0.1, -0.05) is 17.7 Å². The molecule has 3 heteroatoms. The summed E-state index contributed by atoms with van der Waals surface area (Å²) in [5.74, 6) is 0.747. The molecular weight excluding hydrogens is 204 g/mol. The fourth-order valence-electron chi connectivity index (χ4n) is 1.24. The first-order chi connectivity index (χ1) is 6.31. The Bertz CT molecular complexity index is 385. The highest BCUT2D eigenvalue weighted by Crippen LogP contribution is 2.34. The van der Waals surface area contributed by atoms with Crippen LogP contribution in [-0.4, -0.2) is 12.0 Å². The third-order valence-electron chi connectivity index (χ3n) is 1.89. The minimum atomic E-state index is 0.712. The summed E-state index contributed by atoms with van der Waals surface area (Å²) in [6.45, 7) is 0. The summed E-state index contributed by atoms with van der Waals surface area (Å²) in [6.07, 6.45) is 2.75. The van der Waals surface area contributed by atoms with Crippen molar-refractivity contribution in [3.05, 3.63) is 34.4 Å². The normalized spacial score (nSPS) is 14.7. The van der Waals surface area contributed by atoms with E-state index in [-0.39, 0.29) is 0 Å². The summed E-state index contributed by atoms with van der Waals surface area (Å²) < 4.78 is 0. The lowest BCUT2D eigenvalue weighted by molar-refractivity contribution is -0.104. The van der Waals surface area contributed by atoms with Crippen molar-refractivity contribution in [3.8, 4) is 0 Å². The van der Waals surface area contributed by atoms with Crippen molar-refractivity contribution in [3.63, 3.8) is 0 Å². The third kappa shape index (κ3) is 1.64. The summed E-state index contributed by atoms with van der Waals surface area (Å²) in [4.78, 5) is 11.7. The molecule has 0 amide bonds. The molecule has 0 saturated carbocycles. The van der Waals surface area contributed by atoms with E-state index in [1.54, 1.807) is 11.8 Å². The van der Waals surface area contributed by atoms with Crippen LogP contribution in [0, 0.1) is 0 Å². The average Bonchev–Trinajstić information content (AvgIpc) is 2.18. The molecule has 66 valence electrons. The smallest absolute Gasteiger partial charge is 0.146 e. The molecule has 0 saturated heterocycles. The van der Waals surface area contributed by atoms with E-state index in [0.717, 1.165) is 28.1 Å². The lowest BCUT2D eigenvalue weighted by atomic mass is 10.1. The third-order valence-corrected chi connectivity index (χ3v) is 3.36. The van der Waals surface area contributed by atoms with E-state index < -0.39 is 0 Å². The van der Waals surface area contributed by atoms with Crippen LogP contribution in [0.2, 0.25) is 5.02 Å². The molecule has 0 radical (unpaired) electrons. The minimum absolute atomic E-state index is 0.712. The highest BCUT2D eigenvalue weighted by atomic mass is 35.5. The van der Waals surface area contributed by atoms with E-state index in [2.05, 4.69) is 0 Å². The lowest BCUT2D eigenvalue weighted by Gasteiger charge is -2.13. The molecule has 0 bridgehead atoms. The van der Waals surface area contributed by atoms with Gasteiger partial charge < -0.3 is 0 Å². The molecule has 0 aromatic heterocycles. The van der Waals surface area contributed by atoms with Gasteiger partial charge in [0.15, 0.2) is 0 Å². The van der Waals surface area contributed by atoms with Gasteiger partial charge in [-0.05, 0) is 18.2 Å². The highest BCUT2D eigenvalue weighted by molar-refractivity contribution is 7.99. The number of halogens is 1. The summed E-state index contributed by atoms with van der Waals surface area (Å²) >= 11 is 7.64. The predicted octanol–water partition coefficient (Wildman–Crippen LogP) is 3.03. The van der Waals surface area contributed by atoms with E-state index in [1.165, 1.54) is 0 Å². The van der Waals surface area contributed by atoms with Gasteiger partial charge in [-0.2, -0.15) is 0 Å². The fraction of sp³-hybridized carbons (Fsp3) is 0.100. The molecule has 1 heterocycles. The first-order valence-corrected chi connectivity index (χ1v) is 5.24. The zero-order valence-corrected chi connectivity index (χ0v) is 8.36. The standard InChI is InChI=1S/C10H7ClOS/c11-9-2-1-3-10-8(9)4-7(5-12)6-13-10/h1-5H,6H2. The number of aldehydes is 1. The zero-order chi connectivity index (χ0) is 9.26. The van der Waals surface area contributed by atoms with Gasteiger partial charge in [0.2, 0.25) is 0 Å². The average molecular weight is 211 g/mol. The molecule has 0 atom stereocenters.